The maximum atomic E-state index is 12.5. The molecule has 0 aliphatic rings. The lowest BCUT2D eigenvalue weighted by atomic mass is 10.1. The first-order chi connectivity index (χ1) is 16.4. The van der Waals surface area contributed by atoms with Crippen molar-refractivity contribution in [1.82, 2.24) is 24.4 Å². The van der Waals surface area contributed by atoms with E-state index in [1.165, 1.54) is 17.8 Å². The number of nitrogens with zero attached hydrogens (tertiary/aromatic N) is 6. The molecular formula is C21H19N7O6. The minimum Gasteiger partial charge on any atom is -0.475 e. The number of amides is 1. The maximum absolute atomic E-state index is 12.5. The average Bonchev–Trinajstić information content (AvgIpc) is 3.43. The van der Waals surface area contributed by atoms with Crippen molar-refractivity contribution in [2.75, 3.05) is 19.0 Å². The summed E-state index contributed by atoms with van der Waals surface area (Å²) in [7, 11) is 1.26. The summed E-state index contributed by atoms with van der Waals surface area (Å²) >= 11 is 0. The van der Waals surface area contributed by atoms with Crippen molar-refractivity contribution in [2.45, 2.75) is 13.5 Å². The predicted octanol–water partition coefficient (Wildman–Crippen LogP) is 2.33. The van der Waals surface area contributed by atoms with Crippen molar-refractivity contribution in [2.24, 2.45) is 0 Å². The highest BCUT2D eigenvalue weighted by molar-refractivity contribution is 5.96. The molecule has 0 saturated carbocycles. The fourth-order valence-corrected chi connectivity index (χ4v) is 3.31. The highest BCUT2D eigenvalue weighted by atomic mass is 16.6. The molecule has 1 aromatic carbocycles. The molecule has 0 saturated heterocycles. The summed E-state index contributed by atoms with van der Waals surface area (Å²) < 4.78 is 12.6. The smallest absolute Gasteiger partial charge is 0.350 e. The van der Waals surface area contributed by atoms with E-state index in [9.17, 15) is 19.7 Å². The van der Waals surface area contributed by atoms with Gasteiger partial charge in [0.05, 0.1) is 30.5 Å². The minimum atomic E-state index is -0.637. The third-order valence-corrected chi connectivity index (χ3v) is 4.74. The lowest BCUT2D eigenvalue weighted by Gasteiger charge is -2.09. The molecule has 4 rings (SSSR count). The summed E-state index contributed by atoms with van der Waals surface area (Å²) in [5.41, 5.74) is 2.10. The molecule has 0 atom stereocenters. The van der Waals surface area contributed by atoms with Crippen LogP contribution in [-0.4, -0.2) is 54.9 Å². The zero-order valence-electron chi connectivity index (χ0n) is 18.2. The van der Waals surface area contributed by atoms with Crippen molar-refractivity contribution in [3.63, 3.8) is 0 Å². The normalized spacial score (nSPS) is 10.8. The van der Waals surface area contributed by atoms with Crippen LogP contribution in [0.15, 0.2) is 48.9 Å². The van der Waals surface area contributed by atoms with Crippen molar-refractivity contribution in [3.8, 4) is 17.1 Å². The molecule has 1 N–H and O–H groups in total. The molecule has 13 nitrogen and oxygen atoms in total. The third kappa shape index (κ3) is 4.39. The number of anilines is 1. The highest BCUT2D eigenvalue weighted by Crippen LogP contribution is 2.25. The Morgan fingerprint density at radius 2 is 2.09 bits per heavy atom. The monoisotopic (exact) mass is 465 g/mol. The topological polar surface area (TPSA) is 156 Å². The summed E-state index contributed by atoms with van der Waals surface area (Å²) in [4.78, 5) is 39.3. The number of rotatable bonds is 8. The predicted molar refractivity (Wildman–Crippen MR) is 118 cm³/mol. The van der Waals surface area contributed by atoms with Crippen LogP contribution in [0.25, 0.3) is 16.9 Å². The van der Waals surface area contributed by atoms with E-state index in [-0.39, 0.29) is 30.3 Å². The Morgan fingerprint density at radius 3 is 2.79 bits per heavy atom. The Bertz CT molecular complexity index is 1390. The van der Waals surface area contributed by atoms with Crippen molar-refractivity contribution in [1.29, 1.82) is 0 Å². The van der Waals surface area contributed by atoms with E-state index >= 15 is 0 Å². The van der Waals surface area contributed by atoms with E-state index < -0.39 is 16.8 Å². The number of carbonyl (C=O) groups excluding carboxylic acids is 2. The molecule has 4 aromatic rings. The molecule has 3 aromatic heterocycles. The average molecular weight is 465 g/mol. The number of nitro groups is 1. The molecule has 0 fully saturated rings. The van der Waals surface area contributed by atoms with Crippen LogP contribution in [0, 0.1) is 10.1 Å². The van der Waals surface area contributed by atoms with Crippen molar-refractivity contribution in [3.05, 3.63) is 64.6 Å². The molecule has 0 unspecified atom stereocenters. The van der Waals surface area contributed by atoms with Gasteiger partial charge in [-0.2, -0.15) is 5.10 Å². The van der Waals surface area contributed by atoms with Gasteiger partial charge in [0.1, 0.15) is 18.3 Å². The number of benzene rings is 1. The molecular weight excluding hydrogens is 446 g/mol. The zero-order chi connectivity index (χ0) is 24.2. The quantitative estimate of drug-likeness (QED) is 0.234. The van der Waals surface area contributed by atoms with Crippen LogP contribution < -0.4 is 10.1 Å². The number of aromatic nitrogens is 5. The van der Waals surface area contributed by atoms with Crippen LogP contribution in [0.3, 0.4) is 0 Å². The molecule has 0 radical (unpaired) electrons. The molecule has 0 aliphatic carbocycles. The largest absolute Gasteiger partial charge is 0.475 e. The Balaban J connectivity index is 1.56. The molecule has 34 heavy (non-hydrogen) atoms. The van der Waals surface area contributed by atoms with Gasteiger partial charge in [-0.25, -0.2) is 14.3 Å². The van der Waals surface area contributed by atoms with Crippen LogP contribution in [0.5, 0.6) is 5.88 Å². The molecule has 174 valence electrons. The van der Waals surface area contributed by atoms with Crippen LogP contribution >= 0.6 is 0 Å². The molecule has 0 bridgehead atoms. The van der Waals surface area contributed by atoms with E-state index in [1.54, 1.807) is 37.4 Å². The van der Waals surface area contributed by atoms with E-state index in [0.29, 0.717) is 22.6 Å². The van der Waals surface area contributed by atoms with Gasteiger partial charge in [0.15, 0.2) is 5.65 Å². The molecule has 0 spiro atoms. The van der Waals surface area contributed by atoms with Gasteiger partial charge in [-0.1, -0.05) is 12.1 Å². The number of carbonyl (C=O) groups is 2. The summed E-state index contributed by atoms with van der Waals surface area (Å²) in [5, 5.41) is 21.9. The Labute approximate surface area is 192 Å². The van der Waals surface area contributed by atoms with Gasteiger partial charge in [-0.15, -0.1) is 5.10 Å². The Morgan fingerprint density at radius 1 is 1.26 bits per heavy atom. The Kier molecular flexibility index (Phi) is 6.16. The van der Waals surface area contributed by atoms with Gasteiger partial charge in [-0.05, 0) is 25.1 Å². The standard InChI is InChI=1S/C21H19N7O6/c1-3-34-21(30)15-10-23-27-16(7-8-22-19(15)27)13-5-4-6-14(9-13)24-18(29)12-26-11-17(28(31)32)20(25-26)33-2/h4-11H,3,12H2,1-2H3,(H,24,29). The number of methoxy groups -OCH3 is 1. The first-order valence-corrected chi connectivity index (χ1v) is 10.1. The van der Waals surface area contributed by atoms with Gasteiger partial charge in [0, 0.05) is 17.4 Å². The van der Waals surface area contributed by atoms with Gasteiger partial charge in [-0.3, -0.25) is 19.6 Å². The van der Waals surface area contributed by atoms with Gasteiger partial charge in [0.25, 0.3) is 0 Å². The second kappa shape index (κ2) is 9.36. The first kappa shape index (κ1) is 22.4. The van der Waals surface area contributed by atoms with Crippen LogP contribution in [0.4, 0.5) is 11.4 Å². The maximum Gasteiger partial charge on any atom is 0.350 e. The lowest BCUT2D eigenvalue weighted by molar-refractivity contribution is -0.385. The van der Waals surface area contributed by atoms with E-state index in [0.717, 1.165) is 10.9 Å². The SMILES string of the molecule is CCOC(=O)c1cnn2c(-c3cccc(NC(=O)Cn4cc([N+](=O)[O-])c(OC)n4)c3)ccnc12. The fraction of sp³-hybridized carbons (Fsp3) is 0.190. The first-order valence-electron chi connectivity index (χ1n) is 10.1. The van der Waals surface area contributed by atoms with Gasteiger partial charge < -0.3 is 14.8 Å². The number of hydrogen-bond acceptors (Lipinski definition) is 9. The number of esters is 1. The summed E-state index contributed by atoms with van der Waals surface area (Å²) in [6, 6.07) is 8.71. The van der Waals surface area contributed by atoms with E-state index in [2.05, 4.69) is 20.5 Å². The molecule has 0 aliphatic heterocycles. The van der Waals surface area contributed by atoms with Gasteiger partial charge >= 0.3 is 17.5 Å². The number of fused-ring (bicyclic) bond motifs is 1. The second-order valence-corrected chi connectivity index (χ2v) is 6.95. The van der Waals surface area contributed by atoms with E-state index in [1.807, 2.05) is 6.07 Å². The van der Waals surface area contributed by atoms with Crippen molar-refractivity contribution >= 4 is 28.9 Å². The number of hydrogen-bond donors (Lipinski definition) is 1. The highest BCUT2D eigenvalue weighted by Gasteiger charge is 2.21. The van der Waals surface area contributed by atoms with Gasteiger partial charge in [0.2, 0.25) is 5.91 Å². The zero-order valence-corrected chi connectivity index (χ0v) is 18.2. The summed E-state index contributed by atoms with van der Waals surface area (Å²) in [6.45, 7) is 1.69. The molecule has 13 heteroatoms. The fourth-order valence-electron chi connectivity index (χ4n) is 3.31. The van der Waals surface area contributed by atoms with Crippen molar-refractivity contribution < 1.29 is 24.0 Å². The molecule has 1 amide bonds. The Hall–Kier alpha value is -4.81. The minimum absolute atomic E-state index is 0.178. The van der Waals surface area contributed by atoms with E-state index in [4.69, 9.17) is 9.47 Å². The third-order valence-electron chi connectivity index (χ3n) is 4.74. The number of nitrogens with one attached hydrogen (secondary N) is 1. The summed E-state index contributed by atoms with van der Waals surface area (Å²) in [6.07, 6.45) is 4.08. The summed E-state index contributed by atoms with van der Waals surface area (Å²) in [5.74, 6) is -1.14. The van der Waals surface area contributed by atoms with Crippen LogP contribution in [0.2, 0.25) is 0 Å². The number of ether oxygens (including phenoxy) is 2. The van der Waals surface area contributed by atoms with Crippen LogP contribution in [-0.2, 0) is 16.1 Å². The second-order valence-electron chi connectivity index (χ2n) is 6.95. The van der Waals surface area contributed by atoms with Crippen LogP contribution in [0.1, 0.15) is 17.3 Å². The lowest BCUT2D eigenvalue weighted by Crippen LogP contribution is -2.19. The molecule has 3 heterocycles.